The Morgan fingerprint density at radius 2 is 2.00 bits per heavy atom. The number of carbonyl (C=O) groups is 2. The maximum Gasteiger partial charge on any atom is 0.261 e. The molecular weight excluding hydrogens is 378 g/mol. The summed E-state index contributed by atoms with van der Waals surface area (Å²) < 4.78 is 5.27. The topological polar surface area (TPSA) is 75.4 Å². The van der Waals surface area contributed by atoms with Crippen molar-refractivity contribution in [3.8, 4) is 11.3 Å². The number of anilines is 2. The Morgan fingerprint density at radius 3 is 2.79 bits per heavy atom. The number of fused-ring (bicyclic) bond motifs is 1. The average Bonchev–Trinajstić information content (AvgIpc) is 3.06. The van der Waals surface area contributed by atoms with Crippen LogP contribution in [0.15, 0.2) is 47.0 Å². The number of nitrogens with one attached hydrogen (secondary N) is 1. The quantitative estimate of drug-likeness (QED) is 0.710. The minimum Gasteiger partial charge on any atom is -0.360 e. The van der Waals surface area contributed by atoms with Crippen molar-refractivity contribution in [2.24, 2.45) is 0 Å². The highest BCUT2D eigenvalue weighted by molar-refractivity contribution is 6.33. The number of nitrogens with zero attached hydrogens (tertiary/aromatic N) is 2. The maximum atomic E-state index is 13.0. The lowest BCUT2D eigenvalue weighted by Crippen LogP contribution is -2.31. The Bertz CT molecular complexity index is 1090. The summed E-state index contributed by atoms with van der Waals surface area (Å²) in [5.41, 5.74) is 3.93. The molecular formula is C21H18ClN3O3. The molecule has 2 amide bonds. The minimum atomic E-state index is -0.325. The molecule has 0 atom stereocenters. The molecule has 0 saturated carbocycles. The molecule has 0 fully saturated rings. The fourth-order valence-corrected chi connectivity index (χ4v) is 3.63. The molecule has 0 radical (unpaired) electrons. The van der Waals surface area contributed by atoms with Crippen molar-refractivity contribution >= 4 is 34.8 Å². The lowest BCUT2D eigenvalue weighted by atomic mass is 10.0. The standard InChI is InChI=1S/C21H18ClN3O3/c1-12-19(20(24-28-12)15-5-3-4-6-16(15)22)21(27)23-14-8-9-17-13(11-14)7-10-18(26)25(17)2/h3-6,8-9,11H,7,10H2,1-2H3,(H,23,27). The predicted molar refractivity (Wildman–Crippen MR) is 108 cm³/mol. The summed E-state index contributed by atoms with van der Waals surface area (Å²) in [6, 6.07) is 12.7. The van der Waals surface area contributed by atoms with Gasteiger partial charge in [-0.3, -0.25) is 9.59 Å². The van der Waals surface area contributed by atoms with E-state index in [1.807, 2.05) is 24.3 Å². The first-order chi connectivity index (χ1) is 13.5. The molecule has 7 heteroatoms. The van der Waals surface area contributed by atoms with Gasteiger partial charge in [0.15, 0.2) is 0 Å². The van der Waals surface area contributed by atoms with Gasteiger partial charge in [-0.2, -0.15) is 0 Å². The Morgan fingerprint density at radius 1 is 1.21 bits per heavy atom. The van der Waals surface area contributed by atoms with E-state index in [1.54, 1.807) is 37.1 Å². The average molecular weight is 396 g/mol. The van der Waals surface area contributed by atoms with Crippen LogP contribution in [0, 0.1) is 6.92 Å². The summed E-state index contributed by atoms with van der Waals surface area (Å²) in [5, 5.41) is 7.43. The zero-order valence-electron chi connectivity index (χ0n) is 15.5. The van der Waals surface area contributed by atoms with Gasteiger partial charge in [0.2, 0.25) is 5.91 Å². The molecule has 0 saturated heterocycles. The van der Waals surface area contributed by atoms with Gasteiger partial charge < -0.3 is 14.7 Å². The number of aryl methyl sites for hydroxylation is 2. The van der Waals surface area contributed by atoms with Gasteiger partial charge in [-0.05, 0) is 43.2 Å². The molecule has 1 aliphatic rings. The molecule has 1 N–H and O–H groups in total. The monoisotopic (exact) mass is 395 g/mol. The molecule has 6 nitrogen and oxygen atoms in total. The SMILES string of the molecule is Cc1onc(-c2ccccc2Cl)c1C(=O)Nc1ccc2c(c1)CCC(=O)N2C. The third-order valence-electron chi connectivity index (χ3n) is 4.90. The molecule has 0 unspecified atom stereocenters. The van der Waals surface area contributed by atoms with Crippen LogP contribution >= 0.6 is 11.6 Å². The van der Waals surface area contributed by atoms with Crippen molar-refractivity contribution in [1.82, 2.24) is 5.16 Å². The second-order valence-corrected chi connectivity index (χ2v) is 7.10. The van der Waals surface area contributed by atoms with E-state index in [2.05, 4.69) is 10.5 Å². The Kier molecular flexibility index (Phi) is 4.65. The fraction of sp³-hybridized carbons (Fsp3) is 0.190. The first kappa shape index (κ1) is 18.3. The van der Waals surface area contributed by atoms with Gasteiger partial charge in [-0.1, -0.05) is 35.0 Å². The van der Waals surface area contributed by atoms with E-state index in [-0.39, 0.29) is 11.8 Å². The Balaban J connectivity index is 1.65. The summed E-state index contributed by atoms with van der Waals surface area (Å²) >= 11 is 6.26. The number of benzene rings is 2. The van der Waals surface area contributed by atoms with Gasteiger partial charge in [-0.15, -0.1) is 0 Å². The van der Waals surface area contributed by atoms with Gasteiger partial charge in [0.25, 0.3) is 5.91 Å². The molecule has 3 aromatic rings. The molecule has 142 valence electrons. The third-order valence-corrected chi connectivity index (χ3v) is 5.23. The van der Waals surface area contributed by atoms with Gasteiger partial charge in [0.1, 0.15) is 17.0 Å². The zero-order chi connectivity index (χ0) is 19.8. The zero-order valence-corrected chi connectivity index (χ0v) is 16.2. The van der Waals surface area contributed by atoms with Crippen LogP contribution in [0.3, 0.4) is 0 Å². The summed E-state index contributed by atoms with van der Waals surface area (Å²) in [6.07, 6.45) is 1.11. The summed E-state index contributed by atoms with van der Waals surface area (Å²) in [6.45, 7) is 1.69. The van der Waals surface area contributed by atoms with Gasteiger partial charge >= 0.3 is 0 Å². The number of aromatic nitrogens is 1. The molecule has 0 aliphatic carbocycles. The van der Waals surface area contributed by atoms with Crippen LogP contribution in [0.5, 0.6) is 0 Å². The van der Waals surface area contributed by atoms with Crippen molar-refractivity contribution in [1.29, 1.82) is 0 Å². The second-order valence-electron chi connectivity index (χ2n) is 6.69. The van der Waals surface area contributed by atoms with Crippen molar-refractivity contribution in [2.45, 2.75) is 19.8 Å². The van der Waals surface area contributed by atoms with E-state index < -0.39 is 0 Å². The number of rotatable bonds is 3. The molecule has 1 aliphatic heterocycles. The van der Waals surface area contributed by atoms with Crippen molar-refractivity contribution in [3.63, 3.8) is 0 Å². The van der Waals surface area contributed by atoms with Crippen LogP contribution in [0.1, 0.15) is 28.1 Å². The van der Waals surface area contributed by atoms with Gasteiger partial charge in [0, 0.05) is 30.4 Å². The highest BCUT2D eigenvalue weighted by Crippen LogP contribution is 2.33. The van der Waals surface area contributed by atoms with Gasteiger partial charge in [0.05, 0.1) is 5.02 Å². The smallest absolute Gasteiger partial charge is 0.261 e. The molecule has 0 spiro atoms. The predicted octanol–water partition coefficient (Wildman–Crippen LogP) is 4.46. The lowest BCUT2D eigenvalue weighted by molar-refractivity contribution is -0.118. The second kappa shape index (κ2) is 7.13. The minimum absolute atomic E-state index is 0.0914. The lowest BCUT2D eigenvalue weighted by Gasteiger charge is -2.26. The normalized spacial score (nSPS) is 13.4. The first-order valence-corrected chi connectivity index (χ1v) is 9.25. The van der Waals surface area contributed by atoms with Crippen LogP contribution in [-0.2, 0) is 11.2 Å². The van der Waals surface area contributed by atoms with E-state index >= 15 is 0 Å². The highest BCUT2D eigenvalue weighted by atomic mass is 35.5. The molecule has 28 heavy (non-hydrogen) atoms. The van der Waals surface area contributed by atoms with Crippen LogP contribution in [0.2, 0.25) is 5.02 Å². The summed E-state index contributed by atoms with van der Waals surface area (Å²) in [5.74, 6) is 0.179. The van der Waals surface area contributed by atoms with E-state index in [4.69, 9.17) is 16.1 Å². The largest absolute Gasteiger partial charge is 0.360 e. The number of hydrogen-bond acceptors (Lipinski definition) is 4. The van der Waals surface area contributed by atoms with E-state index in [0.29, 0.717) is 46.1 Å². The summed E-state index contributed by atoms with van der Waals surface area (Å²) in [4.78, 5) is 26.5. The number of hydrogen-bond donors (Lipinski definition) is 1. The molecule has 2 heterocycles. The van der Waals surface area contributed by atoms with Crippen molar-refractivity contribution in [3.05, 3.63) is 64.4 Å². The van der Waals surface area contributed by atoms with Crippen LogP contribution < -0.4 is 10.2 Å². The highest BCUT2D eigenvalue weighted by Gasteiger charge is 2.24. The molecule has 1 aromatic heterocycles. The molecule has 4 rings (SSSR count). The number of carbonyl (C=O) groups excluding carboxylic acids is 2. The number of halogens is 1. The van der Waals surface area contributed by atoms with E-state index in [1.165, 1.54) is 0 Å². The molecule has 0 bridgehead atoms. The van der Waals surface area contributed by atoms with Crippen LogP contribution in [0.4, 0.5) is 11.4 Å². The third kappa shape index (κ3) is 3.16. The van der Waals surface area contributed by atoms with E-state index in [9.17, 15) is 9.59 Å². The summed E-state index contributed by atoms with van der Waals surface area (Å²) in [7, 11) is 1.76. The Labute approximate surface area is 167 Å². The molecule has 2 aromatic carbocycles. The Hall–Kier alpha value is -3.12. The number of amides is 2. The van der Waals surface area contributed by atoms with Gasteiger partial charge in [-0.25, -0.2) is 0 Å². The maximum absolute atomic E-state index is 13.0. The van der Waals surface area contributed by atoms with Crippen LogP contribution in [-0.4, -0.2) is 24.0 Å². The fourth-order valence-electron chi connectivity index (χ4n) is 3.40. The first-order valence-electron chi connectivity index (χ1n) is 8.87. The van der Waals surface area contributed by atoms with Crippen LogP contribution in [0.25, 0.3) is 11.3 Å². The van der Waals surface area contributed by atoms with Crippen molar-refractivity contribution < 1.29 is 14.1 Å². The van der Waals surface area contributed by atoms with E-state index in [0.717, 1.165) is 11.3 Å². The van der Waals surface area contributed by atoms with Crippen molar-refractivity contribution in [2.75, 3.05) is 17.3 Å².